The van der Waals surface area contributed by atoms with Crippen molar-refractivity contribution in [2.75, 3.05) is 51.7 Å². The molecule has 2 aromatic carbocycles. The van der Waals surface area contributed by atoms with Gasteiger partial charge in [-0.3, -0.25) is 9.80 Å². The fourth-order valence-corrected chi connectivity index (χ4v) is 17.3. The molecule has 4 saturated heterocycles. The summed E-state index contributed by atoms with van der Waals surface area (Å²) in [5.41, 5.74) is 3.43. The number of ether oxygens (including phenoxy) is 5. The number of amides is 1. The maximum atomic E-state index is 18.1. The molecular weight excluding hydrogens is 866 g/mol. The van der Waals surface area contributed by atoms with Crippen LogP contribution in [0.1, 0.15) is 100.0 Å². The predicted molar refractivity (Wildman–Crippen MR) is 251 cm³/mol. The Hall–Kier alpha value is -4.85. The van der Waals surface area contributed by atoms with Gasteiger partial charge < -0.3 is 28.6 Å². The molecule has 66 heavy (non-hydrogen) atoms. The molecule has 1 amide bonds. The molecule has 4 fully saturated rings. The third kappa shape index (κ3) is 7.90. The van der Waals surface area contributed by atoms with Crippen LogP contribution < -0.4 is 19.1 Å². The molecule has 0 N–H and O–H groups in total. The Balaban J connectivity index is 1.25. The highest BCUT2D eigenvalue weighted by atomic mass is 28.3. The fourth-order valence-electron chi connectivity index (χ4n) is 12.1. The largest absolute Gasteiger partial charge is 0.475 e. The Labute approximate surface area is 386 Å². The van der Waals surface area contributed by atoms with Crippen molar-refractivity contribution < 1.29 is 41.7 Å². The van der Waals surface area contributed by atoms with Gasteiger partial charge in [-0.15, -0.1) is 5.54 Å². The number of carbonyl (C=O) groups excluding carboxylic acids is 1. The van der Waals surface area contributed by atoms with E-state index in [1.54, 1.807) is 18.2 Å². The number of piperazine rings is 1. The Morgan fingerprint density at radius 2 is 1.74 bits per heavy atom. The van der Waals surface area contributed by atoms with Crippen molar-refractivity contribution in [1.29, 1.82) is 0 Å². The van der Waals surface area contributed by atoms with Crippen molar-refractivity contribution in [2.45, 2.75) is 146 Å². The number of fused-ring (bicyclic) bond motifs is 7. The van der Waals surface area contributed by atoms with E-state index in [1.807, 2.05) is 25.7 Å². The number of pyridine rings is 1. The third-order valence-electron chi connectivity index (χ3n) is 14.9. The number of halogens is 3. The van der Waals surface area contributed by atoms with E-state index in [1.165, 1.54) is 13.2 Å². The van der Waals surface area contributed by atoms with Crippen LogP contribution in [-0.4, -0.2) is 121 Å². The van der Waals surface area contributed by atoms with Crippen LogP contribution in [0.4, 0.5) is 23.8 Å². The molecule has 0 spiro atoms. The first-order chi connectivity index (χ1) is 31.4. The quantitative estimate of drug-likeness (QED) is 0.0861. The summed E-state index contributed by atoms with van der Waals surface area (Å²) in [6.45, 7) is 20.3. The van der Waals surface area contributed by atoms with E-state index < -0.39 is 49.2 Å². The number of anilines is 1. The highest BCUT2D eigenvalue weighted by molar-refractivity contribution is 6.90. The Bertz CT molecular complexity index is 2590. The second-order valence-corrected chi connectivity index (χ2v) is 26.5. The summed E-state index contributed by atoms with van der Waals surface area (Å²) in [6.07, 6.45) is 2.07. The number of hydrogen-bond acceptors (Lipinski definition) is 11. The van der Waals surface area contributed by atoms with Crippen LogP contribution in [-0.2, 0) is 9.47 Å². The van der Waals surface area contributed by atoms with Gasteiger partial charge in [0.2, 0.25) is 5.88 Å². The second kappa shape index (κ2) is 17.3. The summed E-state index contributed by atoms with van der Waals surface area (Å²) < 4.78 is 79.9. The van der Waals surface area contributed by atoms with E-state index in [4.69, 9.17) is 38.6 Å². The number of aromatic nitrogens is 3. The van der Waals surface area contributed by atoms with Gasteiger partial charge in [0.25, 0.3) is 0 Å². The van der Waals surface area contributed by atoms with Gasteiger partial charge >= 0.3 is 12.1 Å². The Morgan fingerprint density at radius 3 is 2.45 bits per heavy atom. The summed E-state index contributed by atoms with van der Waals surface area (Å²) in [4.78, 5) is 34.6. The van der Waals surface area contributed by atoms with Crippen molar-refractivity contribution in [3.05, 3.63) is 41.5 Å². The minimum Gasteiger partial charge on any atom is -0.475 e. The molecule has 4 aromatic rings. The number of benzene rings is 2. The van der Waals surface area contributed by atoms with Crippen LogP contribution >= 0.6 is 0 Å². The zero-order valence-corrected chi connectivity index (χ0v) is 40.9. The molecule has 0 radical (unpaired) electrons. The van der Waals surface area contributed by atoms with Crippen LogP contribution in [0.25, 0.3) is 32.9 Å². The van der Waals surface area contributed by atoms with Crippen LogP contribution in [0.15, 0.2) is 24.3 Å². The topological polar surface area (TPSA) is 112 Å². The van der Waals surface area contributed by atoms with Gasteiger partial charge in [0.05, 0.1) is 29.2 Å². The fraction of sp³-hybridized carbons (Fsp3) is 0.600. The number of nitrogens with zero attached hydrogens (tertiary/aromatic N) is 6. The number of rotatable bonds is 10. The van der Waals surface area contributed by atoms with Crippen LogP contribution in [0.5, 0.6) is 17.6 Å². The molecule has 2 bridgehead atoms. The lowest BCUT2D eigenvalue weighted by Crippen LogP contribution is -2.63. The van der Waals surface area contributed by atoms with Crippen molar-refractivity contribution in [3.63, 3.8) is 0 Å². The summed E-state index contributed by atoms with van der Waals surface area (Å²) in [5.74, 6) is 2.81. The van der Waals surface area contributed by atoms with Gasteiger partial charge in [0.15, 0.2) is 12.6 Å². The van der Waals surface area contributed by atoms with Gasteiger partial charge in [-0.2, -0.15) is 9.97 Å². The average Bonchev–Trinajstić information content (AvgIpc) is 3.86. The van der Waals surface area contributed by atoms with Crippen molar-refractivity contribution in [3.8, 4) is 40.4 Å². The summed E-state index contributed by atoms with van der Waals surface area (Å²) in [7, 11) is -0.860. The first-order valence-electron chi connectivity index (χ1n) is 23.6. The van der Waals surface area contributed by atoms with Gasteiger partial charge in [-0.25, -0.2) is 22.9 Å². The number of carbonyl (C=O) groups is 1. The van der Waals surface area contributed by atoms with Crippen molar-refractivity contribution in [1.82, 2.24) is 24.8 Å². The predicted octanol–water partition coefficient (Wildman–Crippen LogP) is 9.98. The number of methoxy groups -OCH3 is 1. The van der Waals surface area contributed by atoms with Crippen LogP contribution in [0.3, 0.4) is 0 Å². The first-order valence-corrected chi connectivity index (χ1v) is 25.8. The van der Waals surface area contributed by atoms with Crippen LogP contribution in [0, 0.1) is 23.1 Å². The van der Waals surface area contributed by atoms with E-state index in [2.05, 4.69) is 62.8 Å². The normalized spacial score (nSPS) is 23.9. The van der Waals surface area contributed by atoms with Gasteiger partial charge in [0.1, 0.15) is 67.0 Å². The number of alkyl halides is 1. The van der Waals surface area contributed by atoms with E-state index >= 15 is 8.78 Å². The minimum atomic E-state index is -2.36. The highest BCUT2D eigenvalue weighted by Gasteiger charge is 2.53. The lowest BCUT2D eigenvalue weighted by molar-refractivity contribution is 0.00537. The molecule has 5 atom stereocenters. The molecule has 12 nitrogen and oxygen atoms in total. The maximum Gasteiger partial charge on any atom is 0.410 e. The van der Waals surface area contributed by atoms with Gasteiger partial charge in [-0.05, 0) is 93.2 Å². The lowest BCUT2D eigenvalue weighted by atomic mass is 9.95. The summed E-state index contributed by atoms with van der Waals surface area (Å²) in [6, 6.07) is 5.41. The molecule has 2 aromatic heterocycles. The zero-order chi connectivity index (χ0) is 47.0. The number of hydrogen-bond donors (Lipinski definition) is 0. The monoisotopic (exact) mass is 928 g/mol. The standard InChI is InChI=1S/C50H63F3N6O6Si/c1-28(2)66(29(3)4,30(5)6)19-16-35-37(52)14-12-31-20-34(64-27-61-10)21-36(40(31)35)43-42(53)44-41-45(56-47(55-44)63-26-50-17-11-18-57(50)23-32(51)22-50)58-24-33-13-15-38(39(58)25-62-46(41)54-43)59(33)48(60)65-49(7,8)9/h12,14,20-21,28-30,32-33,38-39H,11,13,15,17-18,22-27H2,1-10H3/t32-,33-,38+,39+,50-/m1/s1. The van der Waals surface area contributed by atoms with Crippen molar-refractivity contribution in [2.24, 2.45) is 0 Å². The average molecular weight is 929 g/mol. The Morgan fingerprint density at radius 1 is 0.985 bits per heavy atom. The first kappa shape index (κ1) is 46.3. The molecular formula is C50H63F3N6O6Si. The molecule has 5 aliphatic heterocycles. The van der Waals surface area contributed by atoms with E-state index in [0.29, 0.717) is 48.3 Å². The molecule has 9 rings (SSSR count). The lowest BCUT2D eigenvalue weighted by Gasteiger charge is -2.46. The molecule has 5 aliphatic rings. The molecule has 16 heteroatoms. The summed E-state index contributed by atoms with van der Waals surface area (Å²) in [5, 5.41) is 1.19. The smallest absolute Gasteiger partial charge is 0.410 e. The van der Waals surface area contributed by atoms with Crippen molar-refractivity contribution >= 4 is 41.7 Å². The second-order valence-electron chi connectivity index (χ2n) is 20.9. The molecule has 7 heterocycles. The van der Waals surface area contributed by atoms with E-state index in [9.17, 15) is 9.18 Å². The van der Waals surface area contributed by atoms with Gasteiger partial charge in [-0.1, -0.05) is 53.5 Å². The van der Waals surface area contributed by atoms with Crippen LogP contribution in [0.2, 0.25) is 16.6 Å². The molecule has 354 valence electrons. The summed E-state index contributed by atoms with van der Waals surface area (Å²) >= 11 is 0. The maximum absolute atomic E-state index is 18.1. The highest BCUT2D eigenvalue weighted by Crippen LogP contribution is 2.48. The molecule has 0 saturated carbocycles. The third-order valence-corrected chi connectivity index (χ3v) is 21.2. The van der Waals surface area contributed by atoms with Gasteiger partial charge in [0, 0.05) is 37.6 Å². The van der Waals surface area contributed by atoms with E-state index in [-0.39, 0.29) is 88.3 Å². The zero-order valence-electron chi connectivity index (χ0n) is 39.9. The van der Waals surface area contributed by atoms with E-state index in [0.717, 1.165) is 25.8 Å². The Kier molecular flexibility index (Phi) is 12.2. The SMILES string of the molecule is COCOc1cc(-c2nc3c4c(nc(OC[C@]56CCCN5C[C@H](F)C6)nc4c2F)N2C[C@H]4CC[C@@H]([C@@H]2CO3)N4C(=O)OC(C)(C)C)c2c(C#C[Si](C(C)C)(C(C)C)C(C)C)c(F)ccc2c1. The minimum absolute atomic E-state index is 0.0670. The molecule has 0 unspecified atom stereocenters. The molecule has 0 aliphatic carbocycles.